The second-order valence-corrected chi connectivity index (χ2v) is 3.68. The molecule has 1 aliphatic heterocycles. The van der Waals surface area contributed by atoms with Crippen molar-refractivity contribution in [2.75, 3.05) is 13.1 Å². The predicted octanol–water partition coefficient (Wildman–Crippen LogP) is 0.323. The second kappa shape index (κ2) is 3.47. The lowest BCUT2D eigenvalue weighted by atomic mass is 10.1. The van der Waals surface area contributed by atoms with E-state index in [1.165, 1.54) is 6.39 Å². The number of nitrogens with zero attached hydrogens (tertiary/aromatic N) is 5. The molecule has 2 aromatic rings. The molecule has 0 radical (unpaired) electrons. The van der Waals surface area contributed by atoms with Gasteiger partial charge in [0.2, 0.25) is 6.39 Å². The van der Waals surface area contributed by atoms with Crippen LogP contribution >= 0.6 is 0 Å². The molecule has 0 unspecified atom stereocenters. The third kappa shape index (κ3) is 1.63. The standard InChI is InChI=1S/C9H11N5O/c1-2-11-14(3-1)8-4-13(5-8)6-9-10-7-15-12-9/h1-3,7-8H,4-6H2. The van der Waals surface area contributed by atoms with Crippen LogP contribution in [-0.2, 0) is 6.54 Å². The van der Waals surface area contributed by atoms with Crippen molar-refractivity contribution in [2.45, 2.75) is 12.6 Å². The molecule has 3 heterocycles. The molecule has 0 atom stereocenters. The Labute approximate surface area is 86.5 Å². The zero-order chi connectivity index (χ0) is 10.1. The molecule has 1 aliphatic rings. The summed E-state index contributed by atoms with van der Waals surface area (Å²) in [5.74, 6) is 0.744. The maximum Gasteiger partial charge on any atom is 0.213 e. The Morgan fingerprint density at radius 3 is 3.07 bits per heavy atom. The molecule has 0 bridgehead atoms. The first-order valence-electron chi connectivity index (χ1n) is 4.88. The predicted molar refractivity (Wildman–Crippen MR) is 50.8 cm³/mol. The Kier molecular flexibility index (Phi) is 1.99. The van der Waals surface area contributed by atoms with Crippen molar-refractivity contribution < 1.29 is 4.52 Å². The van der Waals surface area contributed by atoms with Gasteiger partial charge in [-0.3, -0.25) is 9.58 Å². The normalized spacial score (nSPS) is 17.9. The Bertz CT molecular complexity index is 404. The van der Waals surface area contributed by atoms with E-state index < -0.39 is 0 Å². The molecule has 2 aromatic heterocycles. The van der Waals surface area contributed by atoms with Gasteiger partial charge in [-0.1, -0.05) is 5.16 Å². The fourth-order valence-electron chi connectivity index (χ4n) is 1.80. The van der Waals surface area contributed by atoms with E-state index in [9.17, 15) is 0 Å². The lowest BCUT2D eigenvalue weighted by Crippen LogP contribution is -2.47. The van der Waals surface area contributed by atoms with Gasteiger partial charge >= 0.3 is 0 Å². The highest BCUT2D eigenvalue weighted by Gasteiger charge is 2.28. The fourth-order valence-corrected chi connectivity index (χ4v) is 1.80. The number of rotatable bonds is 3. The van der Waals surface area contributed by atoms with Gasteiger partial charge < -0.3 is 4.52 Å². The van der Waals surface area contributed by atoms with Gasteiger partial charge in [0.25, 0.3) is 0 Å². The quantitative estimate of drug-likeness (QED) is 0.722. The monoisotopic (exact) mass is 205 g/mol. The van der Waals surface area contributed by atoms with E-state index in [4.69, 9.17) is 0 Å². The van der Waals surface area contributed by atoms with E-state index in [2.05, 4.69) is 24.7 Å². The van der Waals surface area contributed by atoms with Crippen LogP contribution in [0.3, 0.4) is 0 Å². The average molecular weight is 205 g/mol. The number of likely N-dealkylation sites (tertiary alicyclic amines) is 1. The highest BCUT2D eigenvalue weighted by molar-refractivity contribution is 4.91. The van der Waals surface area contributed by atoms with Crippen LogP contribution in [-0.4, -0.2) is 37.9 Å². The molecule has 3 rings (SSSR count). The molecule has 1 fully saturated rings. The van der Waals surface area contributed by atoms with Crippen molar-refractivity contribution in [1.82, 2.24) is 24.8 Å². The summed E-state index contributed by atoms with van der Waals surface area (Å²) in [5.41, 5.74) is 0. The van der Waals surface area contributed by atoms with Crippen LogP contribution in [0.4, 0.5) is 0 Å². The summed E-state index contributed by atoms with van der Waals surface area (Å²) in [6, 6.07) is 2.44. The molecule has 6 heteroatoms. The van der Waals surface area contributed by atoms with Gasteiger partial charge in [-0.25, -0.2) is 0 Å². The molecule has 0 N–H and O–H groups in total. The zero-order valence-corrected chi connectivity index (χ0v) is 8.15. The van der Waals surface area contributed by atoms with E-state index in [0.717, 1.165) is 25.5 Å². The van der Waals surface area contributed by atoms with E-state index in [1.807, 2.05) is 23.1 Å². The second-order valence-electron chi connectivity index (χ2n) is 3.68. The molecule has 0 saturated carbocycles. The van der Waals surface area contributed by atoms with Gasteiger partial charge in [-0.15, -0.1) is 0 Å². The molecular weight excluding hydrogens is 194 g/mol. The Morgan fingerprint density at radius 1 is 1.47 bits per heavy atom. The lowest BCUT2D eigenvalue weighted by molar-refractivity contribution is 0.0872. The van der Waals surface area contributed by atoms with E-state index in [0.29, 0.717) is 6.04 Å². The summed E-state index contributed by atoms with van der Waals surface area (Å²) < 4.78 is 6.67. The van der Waals surface area contributed by atoms with E-state index in [-0.39, 0.29) is 0 Å². The summed E-state index contributed by atoms with van der Waals surface area (Å²) >= 11 is 0. The van der Waals surface area contributed by atoms with Crippen LogP contribution in [0.1, 0.15) is 11.9 Å². The van der Waals surface area contributed by atoms with Crippen LogP contribution < -0.4 is 0 Å². The van der Waals surface area contributed by atoms with Crippen LogP contribution in [0.25, 0.3) is 0 Å². The van der Waals surface area contributed by atoms with Gasteiger partial charge in [0, 0.05) is 25.5 Å². The molecule has 6 nitrogen and oxygen atoms in total. The average Bonchev–Trinajstić information content (AvgIpc) is 2.83. The summed E-state index contributed by atoms with van der Waals surface area (Å²) in [4.78, 5) is 6.25. The molecule has 78 valence electrons. The van der Waals surface area contributed by atoms with Gasteiger partial charge in [-0.05, 0) is 6.07 Å². The summed E-state index contributed by atoms with van der Waals surface area (Å²) in [6.07, 6.45) is 5.16. The summed E-state index contributed by atoms with van der Waals surface area (Å²) in [6.45, 7) is 2.75. The van der Waals surface area contributed by atoms with Crippen LogP contribution in [0.5, 0.6) is 0 Å². The Hall–Kier alpha value is -1.69. The van der Waals surface area contributed by atoms with Gasteiger partial charge in [0.05, 0.1) is 12.6 Å². The summed E-state index contributed by atoms with van der Waals surface area (Å²) in [5, 5.41) is 7.99. The largest absolute Gasteiger partial charge is 0.343 e. The van der Waals surface area contributed by atoms with Crippen molar-refractivity contribution in [1.29, 1.82) is 0 Å². The molecule has 1 saturated heterocycles. The zero-order valence-electron chi connectivity index (χ0n) is 8.15. The highest BCUT2D eigenvalue weighted by atomic mass is 16.5. The number of hydrogen-bond acceptors (Lipinski definition) is 5. The van der Waals surface area contributed by atoms with E-state index >= 15 is 0 Å². The molecule has 15 heavy (non-hydrogen) atoms. The van der Waals surface area contributed by atoms with Crippen LogP contribution in [0, 0.1) is 0 Å². The van der Waals surface area contributed by atoms with Crippen molar-refractivity contribution >= 4 is 0 Å². The number of aromatic nitrogens is 4. The minimum absolute atomic E-state index is 0.493. The topological polar surface area (TPSA) is 60.0 Å². The first-order chi connectivity index (χ1) is 7.42. The molecule has 0 aliphatic carbocycles. The van der Waals surface area contributed by atoms with Gasteiger partial charge in [0.15, 0.2) is 5.82 Å². The summed E-state index contributed by atoms with van der Waals surface area (Å²) in [7, 11) is 0. The first kappa shape index (κ1) is 8.60. The Balaban J connectivity index is 1.54. The minimum Gasteiger partial charge on any atom is -0.343 e. The van der Waals surface area contributed by atoms with E-state index in [1.54, 1.807) is 0 Å². The third-order valence-corrected chi connectivity index (χ3v) is 2.61. The van der Waals surface area contributed by atoms with Gasteiger partial charge in [-0.2, -0.15) is 10.1 Å². The number of hydrogen-bond donors (Lipinski definition) is 0. The van der Waals surface area contributed by atoms with Crippen molar-refractivity contribution in [3.8, 4) is 0 Å². The SMILES string of the molecule is c1cnn(C2CN(Cc3ncon3)C2)c1. The molecule has 0 amide bonds. The highest BCUT2D eigenvalue weighted by Crippen LogP contribution is 2.21. The minimum atomic E-state index is 0.493. The molecule has 0 spiro atoms. The Morgan fingerprint density at radius 2 is 2.40 bits per heavy atom. The van der Waals surface area contributed by atoms with Crippen molar-refractivity contribution in [3.63, 3.8) is 0 Å². The van der Waals surface area contributed by atoms with Gasteiger partial charge in [0.1, 0.15) is 0 Å². The van der Waals surface area contributed by atoms with Crippen molar-refractivity contribution in [3.05, 3.63) is 30.7 Å². The maximum atomic E-state index is 4.68. The van der Waals surface area contributed by atoms with Crippen molar-refractivity contribution in [2.24, 2.45) is 0 Å². The van der Waals surface area contributed by atoms with Crippen LogP contribution in [0.15, 0.2) is 29.4 Å². The molecule has 0 aromatic carbocycles. The fraction of sp³-hybridized carbons (Fsp3) is 0.444. The third-order valence-electron chi connectivity index (χ3n) is 2.61. The maximum absolute atomic E-state index is 4.68. The smallest absolute Gasteiger partial charge is 0.213 e. The first-order valence-corrected chi connectivity index (χ1v) is 4.88. The van der Waals surface area contributed by atoms with Crippen LogP contribution in [0.2, 0.25) is 0 Å². The lowest BCUT2D eigenvalue weighted by Gasteiger charge is -2.38. The molecular formula is C9H11N5O.